The quantitative estimate of drug-likeness (QED) is 0.541. The molecule has 0 amide bonds. The topological polar surface area (TPSA) is 76.3 Å². The molecular formula is C23H25N5O2. The Morgan fingerprint density at radius 2 is 2.07 bits per heavy atom. The first-order valence-electron chi connectivity index (χ1n) is 10.4. The Labute approximate surface area is 175 Å². The molecule has 4 aromatic rings. The highest BCUT2D eigenvalue weighted by molar-refractivity contribution is 6.02. The van der Waals surface area contributed by atoms with E-state index in [1.807, 2.05) is 13.1 Å². The molecular weight excluding hydrogens is 378 g/mol. The zero-order chi connectivity index (χ0) is 20.7. The predicted octanol–water partition coefficient (Wildman–Crippen LogP) is 4.40. The van der Waals surface area contributed by atoms with Gasteiger partial charge in [-0.15, -0.1) is 5.10 Å². The number of anilines is 2. The second kappa shape index (κ2) is 7.57. The smallest absolute Gasteiger partial charge is 0.177 e. The molecule has 0 unspecified atom stereocenters. The molecule has 1 atom stereocenters. The summed E-state index contributed by atoms with van der Waals surface area (Å²) in [5.74, 6) is 1.70. The minimum absolute atomic E-state index is 0.271. The van der Waals surface area contributed by atoms with Gasteiger partial charge >= 0.3 is 0 Å². The average Bonchev–Trinajstić information content (AvgIpc) is 3.16. The standard InChI is InChI=1S/C23H25N5O2/c1-4-24-22-19-7-5-14(2)20(21(19)30-27-22)16-6-8-18-17(11-16)12-25-26-23(18)28-9-10-29-13-15(28)3/h5-8,11-12,15H,4,9-10,13H2,1-3H3,(H,24,27)/t15-/m0/s1. The van der Waals surface area contributed by atoms with Crippen molar-refractivity contribution in [2.45, 2.75) is 26.8 Å². The van der Waals surface area contributed by atoms with Crippen LogP contribution in [0.3, 0.4) is 0 Å². The van der Waals surface area contributed by atoms with Crippen molar-refractivity contribution in [1.82, 2.24) is 15.4 Å². The summed E-state index contributed by atoms with van der Waals surface area (Å²) in [4.78, 5) is 2.28. The van der Waals surface area contributed by atoms with Crippen molar-refractivity contribution in [1.29, 1.82) is 0 Å². The van der Waals surface area contributed by atoms with Crippen molar-refractivity contribution in [2.75, 3.05) is 36.5 Å². The summed E-state index contributed by atoms with van der Waals surface area (Å²) in [6.07, 6.45) is 1.83. The average molecular weight is 403 g/mol. The van der Waals surface area contributed by atoms with Crippen LogP contribution in [0.5, 0.6) is 0 Å². The van der Waals surface area contributed by atoms with Crippen LogP contribution in [-0.4, -0.2) is 47.7 Å². The van der Waals surface area contributed by atoms with Gasteiger partial charge in [0.15, 0.2) is 17.2 Å². The third-order valence-corrected chi connectivity index (χ3v) is 5.76. The second-order valence-electron chi connectivity index (χ2n) is 7.78. The second-order valence-corrected chi connectivity index (χ2v) is 7.78. The molecule has 1 saturated heterocycles. The van der Waals surface area contributed by atoms with Gasteiger partial charge in [0.25, 0.3) is 0 Å². The number of ether oxygens (including phenoxy) is 1. The summed E-state index contributed by atoms with van der Waals surface area (Å²) in [5.41, 5.74) is 4.09. The maximum atomic E-state index is 5.75. The van der Waals surface area contributed by atoms with E-state index in [1.165, 1.54) is 0 Å². The fraction of sp³-hybridized carbons (Fsp3) is 0.348. The Morgan fingerprint density at radius 1 is 1.20 bits per heavy atom. The minimum atomic E-state index is 0.271. The number of aromatic nitrogens is 3. The van der Waals surface area contributed by atoms with Crippen molar-refractivity contribution in [2.24, 2.45) is 0 Å². The highest BCUT2D eigenvalue weighted by atomic mass is 16.5. The van der Waals surface area contributed by atoms with Crippen LogP contribution in [0.4, 0.5) is 11.6 Å². The monoisotopic (exact) mass is 403 g/mol. The Morgan fingerprint density at radius 3 is 2.90 bits per heavy atom. The molecule has 2 aromatic heterocycles. The number of rotatable bonds is 4. The van der Waals surface area contributed by atoms with Crippen molar-refractivity contribution < 1.29 is 9.26 Å². The lowest BCUT2D eigenvalue weighted by Crippen LogP contribution is -2.44. The molecule has 0 saturated carbocycles. The zero-order valence-electron chi connectivity index (χ0n) is 17.5. The molecule has 0 aliphatic carbocycles. The maximum absolute atomic E-state index is 5.75. The van der Waals surface area contributed by atoms with Crippen molar-refractivity contribution in [3.05, 3.63) is 42.1 Å². The number of fused-ring (bicyclic) bond motifs is 2. The van der Waals surface area contributed by atoms with Gasteiger partial charge in [-0.2, -0.15) is 5.10 Å². The van der Waals surface area contributed by atoms with Gasteiger partial charge in [0, 0.05) is 29.4 Å². The van der Waals surface area contributed by atoms with Gasteiger partial charge < -0.3 is 19.5 Å². The van der Waals surface area contributed by atoms with Gasteiger partial charge in [-0.3, -0.25) is 0 Å². The number of hydrogen-bond donors (Lipinski definition) is 1. The molecule has 0 radical (unpaired) electrons. The molecule has 0 spiro atoms. The van der Waals surface area contributed by atoms with Gasteiger partial charge in [0.2, 0.25) is 0 Å². The first kappa shape index (κ1) is 18.8. The van der Waals surface area contributed by atoms with Gasteiger partial charge in [0.1, 0.15) is 0 Å². The fourth-order valence-electron chi connectivity index (χ4n) is 4.24. The molecule has 2 aromatic carbocycles. The highest BCUT2D eigenvalue weighted by Crippen LogP contribution is 2.37. The Balaban J connectivity index is 1.64. The number of benzene rings is 2. The van der Waals surface area contributed by atoms with E-state index >= 15 is 0 Å². The Kier molecular flexibility index (Phi) is 4.75. The number of nitrogens with zero attached hydrogens (tertiary/aromatic N) is 4. The molecule has 1 fully saturated rings. The fourth-order valence-corrected chi connectivity index (χ4v) is 4.24. The van der Waals surface area contributed by atoms with Crippen molar-refractivity contribution in [3.63, 3.8) is 0 Å². The third kappa shape index (κ3) is 3.06. The van der Waals surface area contributed by atoms with Crippen LogP contribution in [0.1, 0.15) is 19.4 Å². The summed E-state index contributed by atoms with van der Waals surface area (Å²) in [5, 5.41) is 19.4. The van der Waals surface area contributed by atoms with Gasteiger partial charge in [-0.05, 0) is 50.1 Å². The van der Waals surface area contributed by atoms with E-state index in [2.05, 4.69) is 69.8 Å². The Bertz CT molecular complexity index is 1220. The first-order chi connectivity index (χ1) is 14.7. The van der Waals surface area contributed by atoms with Gasteiger partial charge in [-0.25, -0.2) is 0 Å². The molecule has 3 heterocycles. The number of hydrogen-bond acceptors (Lipinski definition) is 7. The normalized spacial score (nSPS) is 17.0. The van der Waals surface area contributed by atoms with Crippen LogP contribution in [-0.2, 0) is 4.74 Å². The summed E-state index contributed by atoms with van der Waals surface area (Å²) in [6.45, 7) is 9.33. The van der Waals surface area contributed by atoms with E-state index in [9.17, 15) is 0 Å². The van der Waals surface area contributed by atoms with E-state index in [-0.39, 0.29) is 6.04 Å². The van der Waals surface area contributed by atoms with Crippen LogP contribution in [0, 0.1) is 6.92 Å². The zero-order valence-corrected chi connectivity index (χ0v) is 17.5. The van der Waals surface area contributed by atoms with Crippen LogP contribution in [0.15, 0.2) is 41.1 Å². The van der Waals surface area contributed by atoms with Crippen molar-refractivity contribution in [3.8, 4) is 11.1 Å². The first-order valence-corrected chi connectivity index (χ1v) is 10.4. The van der Waals surface area contributed by atoms with Crippen LogP contribution < -0.4 is 10.2 Å². The van der Waals surface area contributed by atoms with Gasteiger partial charge in [-0.1, -0.05) is 17.3 Å². The lowest BCUT2D eigenvalue weighted by Gasteiger charge is -2.34. The maximum Gasteiger partial charge on any atom is 0.177 e. The van der Waals surface area contributed by atoms with E-state index in [4.69, 9.17) is 9.26 Å². The summed E-state index contributed by atoms with van der Waals surface area (Å²) < 4.78 is 11.3. The molecule has 30 heavy (non-hydrogen) atoms. The van der Waals surface area contributed by atoms with Crippen LogP contribution in [0.2, 0.25) is 0 Å². The number of aryl methyl sites for hydroxylation is 1. The summed E-state index contributed by atoms with van der Waals surface area (Å²) >= 11 is 0. The van der Waals surface area contributed by atoms with Gasteiger partial charge in [0.05, 0.1) is 30.8 Å². The molecule has 0 bridgehead atoms. The number of morpholine rings is 1. The van der Waals surface area contributed by atoms with E-state index in [0.29, 0.717) is 13.2 Å². The predicted molar refractivity (Wildman–Crippen MR) is 119 cm³/mol. The Hall–Kier alpha value is -3.19. The molecule has 1 N–H and O–H groups in total. The van der Waals surface area contributed by atoms with Crippen LogP contribution >= 0.6 is 0 Å². The third-order valence-electron chi connectivity index (χ3n) is 5.76. The molecule has 154 valence electrons. The summed E-state index contributed by atoms with van der Waals surface area (Å²) in [7, 11) is 0. The lowest BCUT2D eigenvalue weighted by molar-refractivity contribution is 0.0986. The summed E-state index contributed by atoms with van der Waals surface area (Å²) in [6, 6.07) is 10.9. The van der Waals surface area contributed by atoms with E-state index in [1.54, 1.807) is 0 Å². The number of nitrogens with one attached hydrogen (secondary N) is 1. The lowest BCUT2D eigenvalue weighted by atomic mass is 9.96. The highest BCUT2D eigenvalue weighted by Gasteiger charge is 2.23. The molecule has 7 heteroatoms. The molecule has 1 aliphatic heterocycles. The SMILES string of the molecule is CCNc1noc2c(-c3ccc4c(N5CCOC[C@@H]5C)nncc4c3)c(C)ccc12. The van der Waals surface area contributed by atoms with Crippen molar-refractivity contribution >= 4 is 33.4 Å². The van der Waals surface area contributed by atoms with Crippen LogP contribution in [0.25, 0.3) is 32.9 Å². The van der Waals surface area contributed by atoms with E-state index < -0.39 is 0 Å². The minimum Gasteiger partial charge on any atom is -0.377 e. The molecule has 7 nitrogen and oxygen atoms in total. The van der Waals surface area contributed by atoms with E-state index in [0.717, 1.165) is 63.2 Å². The molecule has 1 aliphatic rings. The largest absolute Gasteiger partial charge is 0.377 e. The molecule has 5 rings (SSSR count).